The number of halogens is 1. The molecule has 5 heteroatoms. The highest BCUT2D eigenvalue weighted by Gasteiger charge is 2.09. The van der Waals surface area contributed by atoms with Gasteiger partial charge in [0.1, 0.15) is 5.75 Å². The topological polar surface area (TPSA) is 51.2 Å². The van der Waals surface area contributed by atoms with Gasteiger partial charge in [-0.25, -0.2) is 0 Å². The molecule has 0 aliphatic rings. The van der Waals surface area contributed by atoms with Crippen molar-refractivity contribution in [2.75, 3.05) is 12.4 Å². The van der Waals surface area contributed by atoms with Gasteiger partial charge < -0.3 is 10.1 Å². The van der Waals surface area contributed by atoms with Crippen molar-refractivity contribution < 1.29 is 9.53 Å². The number of ether oxygens (including phenoxy) is 1. The number of aromatic nitrogens is 1. The molecule has 0 radical (unpaired) electrons. The minimum absolute atomic E-state index is 0.235. The molecule has 0 saturated carbocycles. The average molecular weight is 339 g/mol. The number of nitrogens with zero attached hydrogens (tertiary/aromatic N) is 1. The van der Waals surface area contributed by atoms with Gasteiger partial charge in [0, 0.05) is 28.5 Å². The minimum Gasteiger partial charge on any atom is -0.497 e. The summed E-state index contributed by atoms with van der Waals surface area (Å²) in [6.07, 6.45) is 1.54. The first kappa shape index (κ1) is 16.0. The van der Waals surface area contributed by atoms with Crippen molar-refractivity contribution in [1.82, 2.24) is 4.98 Å². The van der Waals surface area contributed by atoms with Crippen molar-refractivity contribution in [3.63, 3.8) is 0 Å². The number of amides is 1. The van der Waals surface area contributed by atoms with Gasteiger partial charge in [0.15, 0.2) is 0 Å². The molecular formula is C19H15ClN2O2. The molecule has 24 heavy (non-hydrogen) atoms. The molecule has 0 spiro atoms. The number of methoxy groups -OCH3 is 1. The highest BCUT2D eigenvalue weighted by Crippen LogP contribution is 2.26. The van der Waals surface area contributed by atoms with E-state index in [4.69, 9.17) is 16.3 Å². The van der Waals surface area contributed by atoms with Gasteiger partial charge in [-0.2, -0.15) is 0 Å². The van der Waals surface area contributed by atoms with Gasteiger partial charge in [-0.3, -0.25) is 9.78 Å². The zero-order valence-corrected chi connectivity index (χ0v) is 13.7. The lowest BCUT2D eigenvalue weighted by Crippen LogP contribution is -2.12. The van der Waals surface area contributed by atoms with Crippen LogP contribution in [0.3, 0.4) is 0 Å². The maximum atomic E-state index is 12.3. The zero-order valence-electron chi connectivity index (χ0n) is 13.0. The molecule has 1 amide bonds. The monoisotopic (exact) mass is 338 g/mol. The Labute approximate surface area is 145 Å². The molecule has 4 nitrogen and oxygen atoms in total. The Morgan fingerprint density at radius 2 is 1.92 bits per heavy atom. The largest absolute Gasteiger partial charge is 0.497 e. The normalized spacial score (nSPS) is 10.2. The van der Waals surface area contributed by atoms with Crippen molar-refractivity contribution in [3.05, 3.63) is 77.4 Å². The van der Waals surface area contributed by atoms with Gasteiger partial charge in [-0.1, -0.05) is 35.9 Å². The van der Waals surface area contributed by atoms with E-state index in [1.165, 1.54) is 6.20 Å². The van der Waals surface area contributed by atoms with Crippen molar-refractivity contribution in [2.24, 2.45) is 0 Å². The Kier molecular flexibility index (Phi) is 4.77. The Morgan fingerprint density at radius 3 is 2.62 bits per heavy atom. The first-order valence-electron chi connectivity index (χ1n) is 7.34. The van der Waals surface area contributed by atoms with E-state index in [0.717, 1.165) is 11.3 Å². The molecule has 0 aliphatic heterocycles. The second kappa shape index (κ2) is 7.15. The van der Waals surface area contributed by atoms with Gasteiger partial charge in [-0.05, 0) is 30.3 Å². The smallest absolute Gasteiger partial charge is 0.257 e. The molecular weight excluding hydrogens is 324 g/mol. The fourth-order valence-electron chi connectivity index (χ4n) is 2.26. The molecule has 3 aromatic rings. The Morgan fingerprint density at radius 1 is 1.08 bits per heavy atom. The van der Waals surface area contributed by atoms with Gasteiger partial charge in [-0.15, -0.1) is 0 Å². The van der Waals surface area contributed by atoms with Crippen molar-refractivity contribution in [2.45, 2.75) is 0 Å². The number of carbonyl (C=O) groups is 1. The molecule has 0 atom stereocenters. The molecule has 1 heterocycles. The SMILES string of the molecule is COc1cccc(NC(=O)c2ccc(-c3ccccc3Cl)nc2)c1. The summed E-state index contributed by atoms with van der Waals surface area (Å²) in [5.74, 6) is 0.446. The third-order valence-electron chi connectivity index (χ3n) is 3.50. The van der Waals surface area contributed by atoms with E-state index in [-0.39, 0.29) is 5.91 Å². The first-order chi connectivity index (χ1) is 11.7. The third-order valence-corrected chi connectivity index (χ3v) is 3.83. The molecule has 2 aromatic carbocycles. The summed E-state index contributed by atoms with van der Waals surface area (Å²) < 4.78 is 5.14. The van der Waals surface area contributed by atoms with E-state index in [1.54, 1.807) is 31.4 Å². The summed E-state index contributed by atoms with van der Waals surface area (Å²) >= 11 is 6.17. The van der Waals surface area contributed by atoms with Gasteiger partial charge in [0.05, 0.1) is 18.4 Å². The zero-order chi connectivity index (χ0) is 16.9. The molecule has 1 N–H and O–H groups in total. The maximum Gasteiger partial charge on any atom is 0.257 e. The van der Waals surface area contributed by atoms with Crippen LogP contribution in [0.25, 0.3) is 11.3 Å². The van der Waals surface area contributed by atoms with Crippen molar-refractivity contribution in [3.8, 4) is 17.0 Å². The van der Waals surface area contributed by atoms with Crippen molar-refractivity contribution in [1.29, 1.82) is 0 Å². The summed E-state index contributed by atoms with van der Waals surface area (Å²) in [4.78, 5) is 16.6. The Bertz CT molecular complexity index is 863. The Balaban J connectivity index is 1.78. The average Bonchev–Trinajstić information content (AvgIpc) is 2.62. The molecule has 0 saturated heterocycles. The second-order valence-electron chi connectivity index (χ2n) is 5.10. The summed E-state index contributed by atoms with van der Waals surface area (Å²) in [7, 11) is 1.58. The van der Waals surface area contributed by atoms with Gasteiger partial charge >= 0.3 is 0 Å². The van der Waals surface area contributed by atoms with Crippen LogP contribution >= 0.6 is 11.6 Å². The van der Waals surface area contributed by atoms with Crippen LogP contribution in [-0.4, -0.2) is 18.0 Å². The number of rotatable bonds is 4. The van der Waals surface area contributed by atoms with E-state index in [1.807, 2.05) is 36.4 Å². The molecule has 3 rings (SSSR count). The van der Waals surface area contributed by atoms with Gasteiger partial charge in [0.2, 0.25) is 0 Å². The molecule has 120 valence electrons. The van der Waals surface area contributed by atoms with E-state index in [2.05, 4.69) is 10.3 Å². The quantitative estimate of drug-likeness (QED) is 0.752. The van der Waals surface area contributed by atoms with Crippen LogP contribution in [0.1, 0.15) is 10.4 Å². The van der Waals surface area contributed by atoms with Crippen LogP contribution in [0.5, 0.6) is 5.75 Å². The van der Waals surface area contributed by atoms with Crippen LogP contribution in [0.4, 0.5) is 5.69 Å². The number of anilines is 1. The summed E-state index contributed by atoms with van der Waals surface area (Å²) in [5.41, 5.74) is 2.68. The Hall–Kier alpha value is -2.85. The lowest BCUT2D eigenvalue weighted by molar-refractivity contribution is 0.102. The van der Waals surface area contributed by atoms with E-state index in [9.17, 15) is 4.79 Å². The minimum atomic E-state index is -0.235. The highest BCUT2D eigenvalue weighted by molar-refractivity contribution is 6.33. The van der Waals surface area contributed by atoms with Crippen LogP contribution in [0.15, 0.2) is 66.9 Å². The molecule has 0 fully saturated rings. The van der Waals surface area contributed by atoms with Crippen LogP contribution in [-0.2, 0) is 0 Å². The highest BCUT2D eigenvalue weighted by atomic mass is 35.5. The third kappa shape index (κ3) is 3.55. The molecule has 1 aromatic heterocycles. The standard InChI is InChI=1S/C19H15ClN2O2/c1-24-15-6-4-5-14(11-15)22-19(23)13-9-10-18(21-12-13)16-7-2-3-8-17(16)20/h2-12H,1H3,(H,22,23). The lowest BCUT2D eigenvalue weighted by Gasteiger charge is -2.08. The van der Waals surface area contributed by atoms with Crippen LogP contribution in [0.2, 0.25) is 5.02 Å². The number of hydrogen-bond donors (Lipinski definition) is 1. The number of benzene rings is 2. The summed E-state index contributed by atoms with van der Waals surface area (Å²) in [5, 5.41) is 3.44. The predicted octanol–water partition coefficient (Wildman–Crippen LogP) is 4.66. The number of carbonyl (C=O) groups excluding carboxylic acids is 1. The lowest BCUT2D eigenvalue weighted by atomic mass is 10.1. The molecule has 0 aliphatic carbocycles. The predicted molar refractivity (Wildman–Crippen MR) is 95.6 cm³/mol. The van der Waals surface area contributed by atoms with E-state index >= 15 is 0 Å². The summed E-state index contributed by atoms with van der Waals surface area (Å²) in [6.45, 7) is 0. The maximum absolute atomic E-state index is 12.3. The molecule has 0 unspecified atom stereocenters. The molecule has 0 bridgehead atoms. The number of nitrogens with one attached hydrogen (secondary N) is 1. The summed E-state index contributed by atoms with van der Waals surface area (Å²) in [6, 6.07) is 18.1. The van der Waals surface area contributed by atoms with E-state index in [0.29, 0.717) is 22.0 Å². The van der Waals surface area contributed by atoms with Crippen molar-refractivity contribution >= 4 is 23.2 Å². The van der Waals surface area contributed by atoms with Gasteiger partial charge in [0.25, 0.3) is 5.91 Å². The van der Waals surface area contributed by atoms with Crippen LogP contribution < -0.4 is 10.1 Å². The fourth-order valence-corrected chi connectivity index (χ4v) is 2.49. The second-order valence-corrected chi connectivity index (χ2v) is 5.51. The fraction of sp³-hybridized carbons (Fsp3) is 0.0526. The number of pyridine rings is 1. The first-order valence-corrected chi connectivity index (χ1v) is 7.71. The number of hydrogen-bond acceptors (Lipinski definition) is 3. The van der Waals surface area contributed by atoms with Crippen LogP contribution in [0, 0.1) is 0 Å². The van der Waals surface area contributed by atoms with E-state index < -0.39 is 0 Å².